The van der Waals surface area contributed by atoms with Crippen molar-refractivity contribution in [2.24, 2.45) is 0 Å². The zero-order valence-electron chi connectivity index (χ0n) is 18.9. The summed E-state index contributed by atoms with van der Waals surface area (Å²) >= 11 is 0. The summed E-state index contributed by atoms with van der Waals surface area (Å²) in [5.74, 6) is 0.276. The molecule has 0 aliphatic carbocycles. The number of rotatable bonds is 10. The number of aliphatic carboxylic acids is 1. The fourth-order valence-electron chi connectivity index (χ4n) is 3.63. The summed E-state index contributed by atoms with van der Waals surface area (Å²) in [6.07, 6.45) is 0.778. The highest BCUT2D eigenvalue weighted by atomic mass is 16.5. The van der Waals surface area contributed by atoms with Crippen LogP contribution in [0.3, 0.4) is 0 Å². The number of benzene rings is 3. The van der Waals surface area contributed by atoms with Gasteiger partial charge in [0.25, 0.3) is 5.91 Å². The molecule has 0 aliphatic heterocycles. The number of hydrogen-bond acceptors (Lipinski definition) is 5. The molecular formula is C27H26N2O5. The maximum Gasteiger partial charge on any atom is 0.305 e. The third kappa shape index (κ3) is 5.61. The zero-order valence-corrected chi connectivity index (χ0v) is 18.9. The molecule has 4 aromatic rings. The van der Waals surface area contributed by atoms with Crippen LogP contribution < -0.4 is 10.1 Å². The molecule has 2 N–H and O–H groups in total. The van der Waals surface area contributed by atoms with Gasteiger partial charge in [-0.15, -0.1) is 0 Å². The average Bonchev–Trinajstić information content (AvgIpc) is 3.29. The van der Waals surface area contributed by atoms with Crippen molar-refractivity contribution in [2.75, 3.05) is 13.2 Å². The van der Waals surface area contributed by atoms with Crippen LogP contribution in [0.5, 0.6) is 5.75 Å². The van der Waals surface area contributed by atoms with E-state index in [-0.39, 0.29) is 24.8 Å². The summed E-state index contributed by atoms with van der Waals surface area (Å²) in [5, 5.41) is 11.3. The smallest absolute Gasteiger partial charge is 0.305 e. The van der Waals surface area contributed by atoms with Gasteiger partial charge in [-0.3, -0.25) is 9.59 Å². The van der Waals surface area contributed by atoms with Gasteiger partial charge in [-0.1, -0.05) is 31.2 Å². The van der Waals surface area contributed by atoms with E-state index < -0.39 is 5.97 Å². The molecule has 0 saturated heterocycles. The minimum Gasteiger partial charge on any atom is -0.493 e. The monoisotopic (exact) mass is 458 g/mol. The molecule has 3 aromatic carbocycles. The van der Waals surface area contributed by atoms with Crippen LogP contribution in [-0.4, -0.2) is 35.1 Å². The lowest BCUT2D eigenvalue weighted by molar-refractivity contribution is -0.136. The van der Waals surface area contributed by atoms with Crippen molar-refractivity contribution >= 4 is 23.0 Å². The van der Waals surface area contributed by atoms with Gasteiger partial charge in [0.1, 0.15) is 11.3 Å². The molecule has 1 atom stereocenters. The first kappa shape index (κ1) is 23.0. The van der Waals surface area contributed by atoms with Crippen molar-refractivity contribution in [3.63, 3.8) is 0 Å². The molecule has 7 nitrogen and oxygen atoms in total. The van der Waals surface area contributed by atoms with Gasteiger partial charge in [-0.05, 0) is 60.5 Å². The molecule has 1 unspecified atom stereocenters. The first-order chi connectivity index (χ1) is 16.5. The van der Waals surface area contributed by atoms with Crippen LogP contribution in [0.1, 0.15) is 41.6 Å². The lowest BCUT2D eigenvalue weighted by Crippen LogP contribution is -2.26. The number of carbonyl (C=O) groups excluding carboxylic acids is 1. The fraction of sp³-hybridized carbons (Fsp3) is 0.222. The van der Waals surface area contributed by atoms with Gasteiger partial charge >= 0.3 is 5.97 Å². The van der Waals surface area contributed by atoms with Crippen molar-refractivity contribution in [3.05, 3.63) is 83.9 Å². The number of aromatic nitrogens is 1. The Morgan fingerprint density at radius 1 is 1.03 bits per heavy atom. The summed E-state index contributed by atoms with van der Waals surface area (Å²) < 4.78 is 11.9. The Bertz CT molecular complexity index is 1230. The summed E-state index contributed by atoms with van der Waals surface area (Å²) in [5.41, 5.74) is 4.04. The second kappa shape index (κ2) is 10.7. The Hall–Kier alpha value is -4.13. The quantitative estimate of drug-likeness (QED) is 0.336. The normalized spacial score (nSPS) is 11.8. The van der Waals surface area contributed by atoms with Crippen molar-refractivity contribution in [2.45, 2.75) is 25.7 Å². The molecule has 4 rings (SSSR count). The van der Waals surface area contributed by atoms with E-state index in [0.29, 0.717) is 18.1 Å². The third-order valence-electron chi connectivity index (χ3n) is 5.61. The number of fused-ring (bicyclic) bond motifs is 1. The molecule has 0 aliphatic rings. The maximum absolute atomic E-state index is 12.1. The van der Waals surface area contributed by atoms with Crippen LogP contribution in [-0.2, 0) is 4.79 Å². The molecule has 174 valence electrons. The minimum absolute atomic E-state index is 0.102. The lowest BCUT2D eigenvalue weighted by atomic mass is 9.96. The van der Waals surface area contributed by atoms with Crippen LogP contribution >= 0.6 is 0 Å². The van der Waals surface area contributed by atoms with Gasteiger partial charge < -0.3 is 19.6 Å². The second-order valence-corrected chi connectivity index (χ2v) is 7.95. The Morgan fingerprint density at radius 3 is 2.44 bits per heavy atom. The van der Waals surface area contributed by atoms with E-state index in [9.17, 15) is 9.59 Å². The molecule has 0 bridgehead atoms. The number of nitrogens with zero attached hydrogens (tertiary/aromatic N) is 1. The molecule has 0 radical (unpaired) electrons. The molecule has 7 heteroatoms. The lowest BCUT2D eigenvalue weighted by Gasteiger charge is -2.17. The molecule has 34 heavy (non-hydrogen) atoms. The molecule has 0 spiro atoms. The van der Waals surface area contributed by atoms with E-state index in [1.165, 1.54) is 0 Å². The van der Waals surface area contributed by atoms with Crippen LogP contribution in [0.25, 0.3) is 22.6 Å². The highest BCUT2D eigenvalue weighted by molar-refractivity contribution is 5.94. The molecule has 0 saturated carbocycles. The number of oxazole rings is 1. The Morgan fingerprint density at radius 2 is 1.76 bits per heavy atom. The Labute approximate surface area is 197 Å². The van der Waals surface area contributed by atoms with Gasteiger partial charge in [0.15, 0.2) is 5.58 Å². The predicted molar refractivity (Wildman–Crippen MR) is 129 cm³/mol. The van der Waals surface area contributed by atoms with Gasteiger partial charge in [-0.25, -0.2) is 4.98 Å². The summed E-state index contributed by atoms with van der Waals surface area (Å²) in [6.45, 7) is 2.70. The van der Waals surface area contributed by atoms with Crippen molar-refractivity contribution in [3.8, 4) is 17.2 Å². The number of hydrogen-bond donors (Lipinski definition) is 2. The molecule has 0 fully saturated rings. The zero-order chi connectivity index (χ0) is 23.9. The van der Waals surface area contributed by atoms with E-state index >= 15 is 0 Å². The number of carbonyl (C=O) groups is 2. The van der Waals surface area contributed by atoms with Gasteiger partial charge in [0, 0.05) is 23.6 Å². The number of carboxylic acids is 1. The summed E-state index contributed by atoms with van der Waals surface area (Å²) in [6, 6.07) is 22.7. The predicted octanol–water partition coefficient (Wildman–Crippen LogP) is 5.27. The van der Waals surface area contributed by atoms with E-state index in [4.69, 9.17) is 14.3 Å². The van der Waals surface area contributed by atoms with Crippen molar-refractivity contribution in [1.29, 1.82) is 0 Å². The highest BCUT2D eigenvalue weighted by Crippen LogP contribution is 2.27. The first-order valence-electron chi connectivity index (χ1n) is 11.2. The van der Waals surface area contributed by atoms with Crippen LogP contribution in [0.4, 0.5) is 0 Å². The number of para-hydroxylation sites is 2. The minimum atomic E-state index is -0.942. The first-order valence-corrected chi connectivity index (χ1v) is 11.2. The fourth-order valence-corrected chi connectivity index (χ4v) is 3.63. The topological polar surface area (TPSA) is 102 Å². The van der Waals surface area contributed by atoms with Gasteiger partial charge in [0.2, 0.25) is 5.89 Å². The number of carboxylic acid groups (broad SMARTS) is 1. The maximum atomic E-state index is 12.1. The average molecular weight is 459 g/mol. The molecular weight excluding hydrogens is 432 g/mol. The molecule has 1 amide bonds. The van der Waals surface area contributed by atoms with Crippen LogP contribution in [0.15, 0.2) is 77.2 Å². The van der Waals surface area contributed by atoms with Crippen LogP contribution in [0, 0.1) is 0 Å². The summed E-state index contributed by atoms with van der Waals surface area (Å²) in [7, 11) is 0. The highest BCUT2D eigenvalue weighted by Gasteiger charge is 2.13. The molecule has 1 aromatic heterocycles. The summed E-state index contributed by atoms with van der Waals surface area (Å²) in [4.78, 5) is 27.2. The van der Waals surface area contributed by atoms with Crippen molar-refractivity contribution < 1.29 is 23.8 Å². The molecule has 1 heterocycles. The third-order valence-corrected chi connectivity index (χ3v) is 5.61. The number of nitrogens with one attached hydrogen (secondary N) is 1. The van der Waals surface area contributed by atoms with E-state index in [2.05, 4.69) is 17.2 Å². The SMILES string of the molecule is CCC(COc1ccc(-c2nc3ccccc3o2)cc1)c1ccc(C(=O)NCCC(=O)O)cc1. The van der Waals surface area contributed by atoms with Gasteiger partial charge in [0.05, 0.1) is 13.0 Å². The number of amides is 1. The van der Waals surface area contributed by atoms with Gasteiger partial charge in [-0.2, -0.15) is 0 Å². The van der Waals surface area contributed by atoms with E-state index in [0.717, 1.165) is 34.4 Å². The van der Waals surface area contributed by atoms with Crippen LogP contribution in [0.2, 0.25) is 0 Å². The number of ether oxygens (including phenoxy) is 1. The standard InChI is InChI=1S/C27H26N2O5/c1-2-18(19-7-9-20(10-8-19)26(32)28-16-15-25(30)31)17-33-22-13-11-21(12-14-22)27-29-23-5-3-4-6-24(23)34-27/h3-14,18H,2,15-17H2,1H3,(H,28,32)(H,30,31). The second-order valence-electron chi connectivity index (χ2n) is 7.95. The van der Waals surface area contributed by atoms with E-state index in [1.54, 1.807) is 12.1 Å². The van der Waals surface area contributed by atoms with Crippen molar-refractivity contribution in [1.82, 2.24) is 10.3 Å². The Balaban J connectivity index is 1.34. The van der Waals surface area contributed by atoms with E-state index in [1.807, 2.05) is 60.7 Å². The Kier molecular flexibility index (Phi) is 7.22. The largest absolute Gasteiger partial charge is 0.493 e.